The molecule has 0 aromatic carbocycles. The Morgan fingerprint density at radius 2 is 2.08 bits per heavy atom. The van der Waals surface area contributed by atoms with Gasteiger partial charge in [-0.25, -0.2) is 18.4 Å². The highest BCUT2D eigenvalue weighted by Gasteiger charge is 2.33. The van der Waals surface area contributed by atoms with Crippen LogP contribution in [0, 0.1) is 0 Å². The van der Waals surface area contributed by atoms with Gasteiger partial charge in [0.2, 0.25) is 15.9 Å². The molecule has 1 N–H and O–H groups in total. The minimum absolute atomic E-state index is 0.0371. The van der Waals surface area contributed by atoms with Gasteiger partial charge in [0, 0.05) is 45.6 Å². The van der Waals surface area contributed by atoms with Crippen LogP contribution in [0.25, 0.3) is 0 Å². The highest BCUT2D eigenvalue weighted by molar-refractivity contribution is 7.89. The van der Waals surface area contributed by atoms with E-state index in [0.29, 0.717) is 31.2 Å². The first-order valence-electron chi connectivity index (χ1n) is 8.69. The molecule has 25 heavy (non-hydrogen) atoms. The maximum Gasteiger partial charge on any atom is 0.220 e. The molecule has 138 valence electrons. The van der Waals surface area contributed by atoms with Crippen molar-refractivity contribution in [3.05, 3.63) is 17.1 Å². The normalized spacial score (nSPS) is 21.2. The summed E-state index contributed by atoms with van der Waals surface area (Å²) in [5.41, 5.74) is 1.72. The maximum atomic E-state index is 12.2. The number of carbonyl (C=O) groups is 1. The largest absolute Gasteiger partial charge is 0.373 e. The van der Waals surface area contributed by atoms with Gasteiger partial charge in [-0.2, -0.15) is 4.31 Å². The standard InChI is InChI=1S/C16H25N5O3S/c1-4-25(23,24)20-9-7-13-12(10-20)15(17-3)19-16(18-13)14-6-5-8-21(14)11(2)22/h14H,4-10H2,1-3H3,(H,17,18,19)/t14-/m0/s1. The molecule has 1 aromatic rings. The van der Waals surface area contributed by atoms with Gasteiger partial charge < -0.3 is 10.2 Å². The Bertz CT molecular complexity index is 763. The molecule has 1 amide bonds. The van der Waals surface area contributed by atoms with Gasteiger partial charge in [0.1, 0.15) is 5.82 Å². The van der Waals surface area contributed by atoms with E-state index in [9.17, 15) is 13.2 Å². The van der Waals surface area contributed by atoms with Gasteiger partial charge in [0.25, 0.3) is 0 Å². The number of carbonyl (C=O) groups excluding carboxylic acids is 1. The molecular formula is C16H25N5O3S. The number of likely N-dealkylation sites (tertiary alicyclic amines) is 1. The van der Waals surface area contributed by atoms with Crippen LogP contribution in [0.1, 0.15) is 49.8 Å². The third-order valence-corrected chi connectivity index (χ3v) is 6.82. The molecule has 3 heterocycles. The Kier molecular flexibility index (Phi) is 4.97. The van der Waals surface area contributed by atoms with Crippen LogP contribution in [0.5, 0.6) is 0 Å². The Labute approximate surface area is 148 Å². The first kappa shape index (κ1) is 18.1. The average molecular weight is 367 g/mol. The predicted molar refractivity (Wildman–Crippen MR) is 94.5 cm³/mol. The van der Waals surface area contributed by atoms with E-state index in [1.165, 1.54) is 4.31 Å². The van der Waals surface area contributed by atoms with Crippen LogP contribution in [0.15, 0.2) is 0 Å². The molecule has 9 heteroatoms. The topological polar surface area (TPSA) is 95.5 Å². The number of rotatable bonds is 4. The summed E-state index contributed by atoms with van der Waals surface area (Å²) in [6.45, 7) is 4.69. The second-order valence-electron chi connectivity index (χ2n) is 6.46. The number of hydrogen-bond donors (Lipinski definition) is 1. The molecule has 1 atom stereocenters. The summed E-state index contributed by atoms with van der Waals surface area (Å²) in [6.07, 6.45) is 2.37. The summed E-state index contributed by atoms with van der Waals surface area (Å²) >= 11 is 0. The number of nitrogens with zero attached hydrogens (tertiary/aromatic N) is 4. The zero-order chi connectivity index (χ0) is 18.2. The fraction of sp³-hybridized carbons (Fsp3) is 0.688. The van der Waals surface area contributed by atoms with Crippen molar-refractivity contribution in [3.8, 4) is 0 Å². The first-order chi connectivity index (χ1) is 11.9. The highest BCUT2D eigenvalue weighted by atomic mass is 32.2. The number of amides is 1. The molecule has 0 aliphatic carbocycles. The van der Waals surface area contributed by atoms with E-state index in [2.05, 4.69) is 10.3 Å². The van der Waals surface area contributed by atoms with E-state index in [1.54, 1.807) is 20.9 Å². The molecular weight excluding hydrogens is 342 g/mol. The lowest BCUT2D eigenvalue weighted by atomic mass is 10.1. The van der Waals surface area contributed by atoms with Gasteiger partial charge in [-0.05, 0) is 19.8 Å². The second kappa shape index (κ2) is 6.87. The van der Waals surface area contributed by atoms with Gasteiger partial charge >= 0.3 is 0 Å². The molecule has 8 nitrogen and oxygen atoms in total. The molecule has 1 aromatic heterocycles. The Morgan fingerprint density at radius 1 is 1.32 bits per heavy atom. The molecule has 3 rings (SSSR count). The van der Waals surface area contributed by atoms with Crippen molar-refractivity contribution in [2.45, 2.75) is 45.7 Å². The van der Waals surface area contributed by atoms with Gasteiger partial charge in [-0.3, -0.25) is 4.79 Å². The van der Waals surface area contributed by atoms with Gasteiger partial charge in [-0.15, -0.1) is 0 Å². The van der Waals surface area contributed by atoms with Gasteiger partial charge in [0.05, 0.1) is 17.5 Å². The zero-order valence-electron chi connectivity index (χ0n) is 14.9. The van der Waals surface area contributed by atoms with Gasteiger partial charge in [-0.1, -0.05) is 0 Å². The molecule has 0 spiro atoms. The number of nitrogens with one attached hydrogen (secondary N) is 1. The monoisotopic (exact) mass is 367 g/mol. The maximum absolute atomic E-state index is 12.2. The molecule has 0 bridgehead atoms. The summed E-state index contributed by atoms with van der Waals surface area (Å²) in [6, 6.07) is -0.0905. The number of fused-ring (bicyclic) bond motifs is 1. The van der Waals surface area contributed by atoms with Crippen LogP contribution in [-0.2, 0) is 27.8 Å². The Morgan fingerprint density at radius 3 is 2.72 bits per heavy atom. The Hall–Kier alpha value is -1.74. The molecule has 0 unspecified atom stereocenters. The summed E-state index contributed by atoms with van der Waals surface area (Å²) < 4.78 is 25.9. The third kappa shape index (κ3) is 3.35. The van der Waals surface area contributed by atoms with Crippen LogP contribution in [0.2, 0.25) is 0 Å². The van der Waals surface area contributed by atoms with E-state index in [4.69, 9.17) is 4.98 Å². The molecule has 1 fully saturated rings. The van der Waals surface area contributed by atoms with Gasteiger partial charge in [0.15, 0.2) is 5.82 Å². The lowest BCUT2D eigenvalue weighted by Gasteiger charge is -2.30. The van der Waals surface area contributed by atoms with Crippen LogP contribution in [-0.4, -0.2) is 59.4 Å². The summed E-state index contributed by atoms with van der Waals surface area (Å²) in [5, 5.41) is 3.08. The van der Waals surface area contributed by atoms with E-state index in [-0.39, 0.29) is 17.7 Å². The van der Waals surface area contributed by atoms with Crippen molar-refractivity contribution in [1.29, 1.82) is 0 Å². The van der Waals surface area contributed by atoms with Crippen molar-refractivity contribution in [1.82, 2.24) is 19.2 Å². The molecule has 0 radical (unpaired) electrons. The van der Waals surface area contributed by atoms with Crippen LogP contribution in [0.4, 0.5) is 5.82 Å². The summed E-state index contributed by atoms with van der Waals surface area (Å²) in [4.78, 5) is 23.0. The minimum atomic E-state index is -3.24. The number of hydrogen-bond acceptors (Lipinski definition) is 6. The molecule has 2 aliphatic rings. The number of aromatic nitrogens is 2. The molecule has 1 saturated heterocycles. The second-order valence-corrected chi connectivity index (χ2v) is 8.72. The van der Waals surface area contributed by atoms with E-state index in [0.717, 1.165) is 30.6 Å². The van der Waals surface area contributed by atoms with Crippen molar-refractivity contribution >= 4 is 21.7 Å². The number of sulfonamides is 1. The fourth-order valence-corrected chi connectivity index (χ4v) is 4.66. The van der Waals surface area contributed by atoms with Crippen molar-refractivity contribution in [2.24, 2.45) is 0 Å². The average Bonchev–Trinajstić information content (AvgIpc) is 3.10. The minimum Gasteiger partial charge on any atom is -0.373 e. The first-order valence-corrected chi connectivity index (χ1v) is 10.3. The number of anilines is 1. The van der Waals surface area contributed by atoms with Crippen molar-refractivity contribution in [3.63, 3.8) is 0 Å². The lowest BCUT2D eigenvalue weighted by Crippen LogP contribution is -2.38. The molecule has 0 saturated carbocycles. The van der Waals surface area contributed by atoms with Crippen LogP contribution in [0.3, 0.4) is 0 Å². The van der Waals surface area contributed by atoms with Crippen molar-refractivity contribution in [2.75, 3.05) is 31.2 Å². The fourth-order valence-electron chi connectivity index (χ4n) is 3.60. The SMILES string of the molecule is CCS(=O)(=O)N1CCc2nc([C@@H]3CCCN3C(C)=O)nc(NC)c2C1. The van der Waals surface area contributed by atoms with E-state index < -0.39 is 10.0 Å². The van der Waals surface area contributed by atoms with Crippen LogP contribution >= 0.6 is 0 Å². The highest BCUT2D eigenvalue weighted by Crippen LogP contribution is 2.33. The lowest BCUT2D eigenvalue weighted by molar-refractivity contribution is -0.129. The predicted octanol–water partition coefficient (Wildman–Crippen LogP) is 0.909. The smallest absolute Gasteiger partial charge is 0.220 e. The molecule has 2 aliphatic heterocycles. The van der Waals surface area contributed by atoms with Crippen molar-refractivity contribution < 1.29 is 13.2 Å². The van der Waals surface area contributed by atoms with Crippen LogP contribution < -0.4 is 5.32 Å². The van der Waals surface area contributed by atoms with E-state index in [1.807, 2.05) is 4.90 Å². The third-order valence-electron chi connectivity index (χ3n) is 4.99. The zero-order valence-corrected chi connectivity index (χ0v) is 15.8. The summed E-state index contributed by atoms with van der Waals surface area (Å²) in [7, 11) is -1.46. The quantitative estimate of drug-likeness (QED) is 0.850. The Balaban J connectivity index is 1.96. The summed E-state index contributed by atoms with van der Waals surface area (Å²) in [5.74, 6) is 1.44. The van der Waals surface area contributed by atoms with E-state index >= 15 is 0 Å².